The molecule has 0 radical (unpaired) electrons. The second-order valence-electron chi connectivity index (χ2n) is 17.8. The Morgan fingerprint density at radius 3 is 1.28 bits per heavy atom. The highest BCUT2D eigenvalue weighted by molar-refractivity contribution is 8.35. The minimum absolute atomic E-state index is 0.0106. The third kappa shape index (κ3) is 9.22. The van der Waals surface area contributed by atoms with Gasteiger partial charge in [0.15, 0.2) is 10.1 Å². The van der Waals surface area contributed by atoms with Gasteiger partial charge in [0.05, 0.1) is 21.1 Å². The van der Waals surface area contributed by atoms with Crippen LogP contribution in [0, 0.1) is 0 Å². The van der Waals surface area contributed by atoms with Crippen molar-refractivity contribution < 1.29 is 47.7 Å². The number of amides is 2. The van der Waals surface area contributed by atoms with Gasteiger partial charge in [0.25, 0.3) is 11.8 Å². The zero-order valence-corrected chi connectivity index (χ0v) is 46.3. The molecule has 16 nitrogen and oxygen atoms in total. The number of benzene rings is 5. The first-order valence-electron chi connectivity index (χ1n) is 24.3. The number of aliphatic imine (C=N–C) groups is 2. The number of hydrogen-bond acceptors (Lipinski definition) is 20. The van der Waals surface area contributed by atoms with Gasteiger partial charge in [-0.25, -0.2) is 20.0 Å². The smallest absolute Gasteiger partial charge is 0.334 e. The number of fused-ring (bicyclic) bond motifs is 6. The van der Waals surface area contributed by atoms with Crippen molar-refractivity contribution >= 4 is 131 Å². The molecule has 1 atom stereocenters. The highest BCUT2D eigenvalue weighted by Gasteiger charge is 2.65. The molecule has 4 aliphatic rings. The van der Waals surface area contributed by atoms with Crippen LogP contribution < -0.4 is 0 Å². The first-order valence-corrected chi connectivity index (χ1v) is 28.6. The highest BCUT2D eigenvalue weighted by Crippen LogP contribution is 2.61. The minimum Gasteiger partial charge on any atom is -0.459 e. The van der Waals surface area contributed by atoms with Gasteiger partial charge < -0.3 is 23.8 Å². The molecular formula is C56H42N6O10S6. The molecule has 0 spiro atoms. The summed E-state index contributed by atoms with van der Waals surface area (Å²) in [6.07, 6.45) is 0. The lowest BCUT2D eigenvalue weighted by molar-refractivity contribution is -0.166. The van der Waals surface area contributed by atoms with E-state index in [1.807, 2.05) is 31.2 Å². The van der Waals surface area contributed by atoms with Crippen molar-refractivity contribution in [3.05, 3.63) is 178 Å². The molecule has 22 heteroatoms. The van der Waals surface area contributed by atoms with Crippen LogP contribution in [0.2, 0.25) is 0 Å². The van der Waals surface area contributed by atoms with Crippen molar-refractivity contribution in [2.45, 2.75) is 55.8 Å². The Kier molecular flexibility index (Phi) is 14.7. The fourth-order valence-corrected chi connectivity index (χ4v) is 14.4. The molecule has 2 aliphatic heterocycles. The lowest BCUT2D eigenvalue weighted by Crippen LogP contribution is -2.47. The molecule has 5 aromatic carbocycles. The summed E-state index contributed by atoms with van der Waals surface area (Å²) in [4.78, 5) is 112. The van der Waals surface area contributed by atoms with Crippen molar-refractivity contribution in [3.8, 4) is 20.9 Å². The summed E-state index contributed by atoms with van der Waals surface area (Å²) >= 11 is 14.1. The Bertz CT molecular complexity index is 3540. The number of hydrogen-bond donors (Lipinski definition) is 1. The molecule has 0 N–H and O–H groups in total. The fraction of sp³-hybridized carbons (Fsp3) is 0.196. The zero-order chi connectivity index (χ0) is 54.3. The summed E-state index contributed by atoms with van der Waals surface area (Å²) < 4.78 is 24.4. The van der Waals surface area contributed by atoms with E-state index < -0.39 is 45.3 Å². The first kappa shape index (κ1) is 52.7. The quantitative estimate of drug-likeness (QED) is 0.0315. The molecule has 78 heavy (non-hydrogen) atoms. The van der Waals surface area contributed by atoms with Crippen LogP contribution in [0.4, 0.5) is 10.3 Å². The van der Waals surface area contributed by atoms with E-state index in [4.69, 9.17) is 46.1 Å². The monoisotopic (exact) mass is 1150 g/mol. The maximum atomic E-state index is 15.6. The number of carbonyl (C=O) groups is 6. The largest absolute Gasteiger partial charge is 0.459 e. The van der Waals surface area contributed by atoms with Crippen LogP contribution in [-0.4, -0.2) is 87.7 Å². The van der Waals surface area contributed by atoms with Crippen molar-refractivity contribution in [1.29, 1.82) is 0 Å². The van der Waals surface area contributed by atoms with Crippen molar-refractivity contribution in [2.24, 2.45) is 9.98 Å². The standard InChI is InChI=1S/C56H42N6O10S6/c1-3-61-45(63)43(77-53(61)73)59-51-57-41-39(75-51)35-25-38-36(26-37(35)55(41,47(65)69-27-31-17-9-5-10-18-31)48(66)70-28-32-19-11-6-12-20-32)40-42(58-52(76-40)60-44-46(64)62(4-2)54(74)78-44)56(38,49(67)71-29-33-21-13-7-14-22-33)50(68)72-30-34-23-15-8-16-24-34/h5-26,53,73H,3-4,27-30H2,1-2H3. The Labute approximate surface area is 473 Å². The Hall–Kier alpha value is -7.34. The van der Waals surface area contributed by atoms with E-state index in [-0.39, 0.29) is 96.1 Å². The molecule has 392 valence electrons. The van der Waals surface area contributed by atoms with Crippen LogP contribution in [-0.2, 0) is 85.0 Å². The van der Waals surface area contributed by atoms with Crippen molar-refractivity contribution in [3.63, 3.8) is 0 Å². The van der Waals surface area contributed by atoms with Gasteiger partial charge in [-0.2, -0.15) is 0 Å². The van der Waals surface area contributed by atoms with Gasteiger partial charge in [0.2, 0.25) is 21.1 Å². The maximum Gasteiger partial charge on any atom is 0.334 e. The van der Waals surface area contributed by atoms with Gasteiger partial charge in [-0.1, -0.05) is 168 Å². The van der Waals surface area contributed by atoms with Crippen LogP contribution in [0.1, 0.15) is 58.6 Å². The van der Waals surface area contributed by atoms with Crippen LogP contribution in [0.15, 0.2) is 143 Å². The molecule has 0 saturated carbocycles. The number of thiazole rings is 2. The van der Waals surface area contributed by atoms with E-state index in [0.717, 1.165) is 46.2 Å². The summed E-state index contributed by atoms with van der Waals surface area (Å²) in [6, 6.07) is 38.7. The normalized spacial score (nSPS) is 17.5. The Morgan fingerprint density at radius 2 is 0.949 bits per heavy atom. The second-order valence-corrected chi connectivity index (χ2v) is 23.3. The number of nitrogens with zero attached hydrogens (tertiary/aromatic N) is 6. The van der Waals surface area contributed by atoms with E-state index >= 15 is 19.2 Å². The zero-order valence-electron chi connectivity index (χ0n) is 41.3. The molecular weight excluding hydrogens is 1110 g/mol. The van der Waals surface area contributed by atoms with Gasteiger partial charge in [-0.05, 0) is 82.2 Å². The summed E-state index contributed by atoms with van der Waals surface area (Å²) in [5.41, 5.74) is -2.25. The maximum absolute atomic E-state index is 15.6. The van der Waals surface area contributed by atoms with E-state index in [9.17, 15) is 9.59 Å². The number of rotatable bonds is 16. The van der Waals surface area contributed by atoms with Crippen molar-refractivity contribution in [1.82, 2.24) is 19.8 Å². The molecule has 2 fully saturated rings. The van der Waals surface area contributed by atoms with Crippen LogP contribution >= 0.6 is 71.0 Å². The minimum atomic E-state index is -2.49. The fourth-order valence-electron chi connectivity index (χ4n) is 9.46. The SMILES string of the molecule is CCN1C(=O)C(=Nc2nc3c(s2)-c2cc4c(cc2C3(C(=O)OCc2ccccc2)C(=O)OCc2ccccc2)-c2sc(N=C3SC(S)N(CC)C3=O)nc2C4(C(=O)OCc2ccccc2)C(=O)OCc2ccccc2)SC1=S. The second kappa shape index (κ2) is 21.8. The molecule has 2 aliphatic carbocycles. The lowest BCUT2D eigenvalue weighted by atomic mass is 9.76. The molecule has 4 heterocycles. The number of thiocarbonyl (C=S) groups is 1. The van der Waals surface area contributed by atoms with Gasteiger partial charge in [-0.15, -0.1) is 12.6 Å². The van der Waals surface area contributed by atoms with Crippen LogP contribution in [0.25, 0.3) is 20.9 Å². The molecule has 2 amide bonds. The lowest BCUT2D eigenvalue weighted by Gasteiger charge is -2.28. The summed E-state index contributed by atoms with van der Waals surface area (Å²) in [5.74, 6) is -5.04. The van der Waals surface area contributed by atoms with Gasteiger partial charge in [-0.3, -0.25) is 33.7 Å². The Morgan fingerprint density at radius 1 is 0.577 bits per heavy atom. The Balaban J connectivity index is 1.16. The summed E-state index contributed by atoms with van der Waals surface area (Å²) in [6.45, 7) is 3.21. The number of thiol groups is 1. The van der Waals surface area contributed by atoms with E-state index in [1.54, 1.807) is 116 Å². The number of aromatic nitrogens is 2. The molecule has 1 unspecified atom stereocenters. The van der Waals surface area contributed by atoms with Gasteiger partial charge in [0.1, 0.15) is 35.5 Å². The van der Waals surface area contributed by atoms with Gasteiger partial charge >= 0.3 is 23.9 Å². The molecule has 7 aromatic rings. The third-order valence-electron chi connectivity index (χ3n) is 13.3. The average Bonchev–Trinajstić information content (AvgIpc) is 4.47. The van der Waals surface area contributed by atoms with Crippen molar-refractivity contribution in [2.75, 3.05) is 13.1 Å². The number of thioether (sulfide) groups is 2. The van der Waals surface area contributed by atoms with Gasteiger partial charge in [0, 0.05) is 13.1 Å². The van der Waals surface area contributed by atoms with E-state index in [1.165, 1.54) is 9.80 Å². The summed E-state index contributed by atoms with van der Waals surface area (Å²) in [5, 5.41) is 0.107. The predicted octanol–water partition coefficient (Wildman–Crippen LogP) is 9.86. The van der Waals surface area contributed by atoms with E-state index in [2.05, 4.69) is 17.6 Å². The first-order chi connectivity index (χ1) is 37.9. The van der Waals surface area contributed by atoms with Crippen LogP contribution in [0.5, 0.6) is 0 Å². The number of carbonyl (C=O) groups excluding carboxylic acids is 6. The molecule has 11 rings (SSSR count). The molecule has 0 bridgehead atoms. The third-order valence-corrected chi connectivity index (χ3v) is 18.1. The average molecular weight is 1150 g/mol. The van der Waals surface area contributed by atoms with E-state index in [0.29, 0.717) is 39.7 Å². The molecule has 2 aromatic heterocycles. The predicted molar refractivity (Wildman–Crippen MR) is 305 cm³/mol. The summed E-state index contributed by atoms with van der Waals surface area (Å²) in [7, 11) is 0. The highest BCUT2D eigenvalue weighted by atomic mass is 32.2. The van der Waals surface area contributed by atoms with Crippen LogP contribution in [0.3, 0.4) is 0 Å². The molecule has 2 saturated heterocycles. The topological polar surface area (TPSA) is 196 Å². The number of esters is 4. The number of ether oxygens (including phenoxy) is 4.